The van der Waals surface area contributed by atoms with E-state index in [1.165, 1.54) is 0 Å². The highest BCUT2D eigenvalue weighted by atomic mass is 16.1. The van der Waals surface area contributed by atoms with Crippen molar-refractivity contribution in [3.63, 3.8) is 0 Å². The van der Waals surface area contributed by atoms with Crippen molar-refractivity contribution in [3.05, 3.63) is 47.5 Å². The molecule has 152 valence electrons. The monoisotopic (exact) mass is 392 g/mol. The summed E-state index contributed by atoms with van der Waals surface area (Å²) in [4.78, 5) is 31.8. The number of aryl methyl sites for hydroxylation is 3. The van der Waals surface area contributed by atoms with E-state index < -0.39 is 0 Å². The Bertz CT molecular complexity index is 945. The zero-order chi connectivity index (χ0) is 20.2. The highest BCUT2D eigenvalue weighted by Crippen LogP contribution is 2.21. The van der Waals surface area contributed by atoms with Gasteiger partial charge in [0.25, 0.3) is 0 Å². The van der Waals surface area contributed by atoms with Crippen LogP contribution in [0.25, 0.3) is 11.0 Å². The number of nitrogens with zero attached hydrogens (tertiary/aromatic N) is 4. The van der Waals surface area contributed by atoms with Gasteiger partial charge in [0, 0.05) is 37.4 Å². The maximum absolute atomic E-state index is 12.7. The summed E-state index contributed by atoms with van der Waals surface area (Å²) in [5.74, 6) is 1.82. The molecule has 1 aromatic carbocycles. The Hall–Kier alpha value is -2.96. The van der Waals surface area contributed by atoms with Crippen molar-refractivity contribution >= 4 is 22.9 Å². The first kappa shape index (κ1) is 19.4. The van der Waals surface area contributed by atoms with E-state index in [0.717, 1.165) is 66.4 Å². The van der Waals surface area contributed by atoms with Crippen LogP contribution in [0.5, 0.6) is 0 Å². The molecule has 7 nitrogen and oxygen atoms in total. The Morgan fingerprint density at radius 2 is 2.00 bits per heavy atom. The zero-order valence-corrected chi connectivity index (χ0v) is 17.1. The molecule has 1 saturated heterocycles. The number of carbonyl (C=O) groups excluding carboxylic acids is 1. The maximum atomic E-state index is 12.7. The predicted molar refractivity (Wildman–Crippen MR) is 114 cm³/mol. The number of amides is 1. The number of hydrogen-bond donors (Lipinski definition) is 2. The van der Waals surface area contributed by atoms with Gasteiger partial charge in [-0.15, -0.1) is 0 Å². The van der Waals surface area contributed by atoms with Crippen LogP contribution in [0, 0.1) is 19.8 Å². The number of imidazole rings is 1. The molecular weight excluding hydrogens is 364 g/mol. The van der Waals surface area contributed by atoms with E-state index in [1.807, 2.05) is 44.2 Å². The number of benzene rings is 1. The molecule has 3 heterocycles. The normalized spacial score (nSPS) is 16.9. The molecule has 3 aromatic rings. The second-order valence-corrected chi connectivity index (χ2v) is 7.83. The minimum absolute atomic E-state index is 0.0145. The van der Waals surface area contributed by atoms with Crippen molar-refractivity contribution in [3.8, 4) is 0 Å². The summed E-state index contributed by atoms with van der Waals surface area (Å²) < 4.78 is 0. The summed E-state index contributed by atoms with van der Waals surface area (Å²) in [6.07, 6.45) is 3.58. The third kappa shape index (κ3) is 4.72. The lowest BCUT2D eigenvalue weighted by molar-refractivity contribution is -0.125. The smallest absolute Gasteiger partial charge is 0.225 e. The summed E-state index contributed by atoms with van der Waals surface area (Å²) in [5, 5.41) is 3.10. The molecule has 0 spiro atoms. The number of carbonyl (C=O) groups is 1. The lowest BCUT2D eigenvalue weighted by atomic mass is 9.97. The van der Waals surface area contributed by atoms with Crippen molar-refractivity contribution in [2.75, 3.05) is 24.5 Å². The summed E-state index contributed by atoms with van der Waals surface area (Å²) in [6.45, 7) is 6.20. The second-order valence-electron chi connectivity index (χ2n) is 7.83. The minimum Gasteiger partial charge on any atom is -0.356 e. The van der Waals surface area contributed by atoms with E-state index in [4.69, 9.17) is 0 Å². The van der Waals surface area contributed by atoms with Crippen molar-refractivity contribution in [2.24, 2.45) is 5.92 Å². The number of anilines is 1. The third-order valence-corrected chi connectivity index (χ3v) is 5.37. The van der Waals surface area contributed by atoms with Crippen molar-refractivity contribution < 1.29 is 4.79 Å². The second kappa shape index (κ2) is 8.59. The molecule has 0 radical (unpaired) electrons. The van der Waals surface area contributed by atoms with Crippen LogP contribution in [0.15, 0.2) is 30.3 Å². The summed E-state index contributed by atoms with van der Waals surface area (Å²) in [5.41, 5.74) is 3.97. The standard InChI is InChI=1S/C22H28N6O/c1-15-13-16(2)25-22(24-15)28-12-6-7-17(14-28)21(29)23-11-5-10-20-26-18-8-3-4-9-19(18)27-20/h3-4,8-9,13,17H,5-7,10-12,14H2,1-2H3,(H,23,29)(H,26,27). The number of para-hydroxylation sites is 2. The average Bonchev–Trinajstić information content (AvgIpc) is 3.13. The molecule has 2 aromatic heterocycles. The van der Waals surface area contributed by atoms with Gasteiger partial charge in [-0.3, -0.25) is 4.79 Å². The van der Waals surface area contributed by atoms with Crippen molar-refractivity contribution in [2.45, 2.75) is 39.5 Å². The first-order chi connectivity index (χ1) is 14.1. The van der Waals surface area contributed by atoms with Crippen LogP contribution in [-0.4, -0.2) is 45.5 Å². The van der Waals surface area contributed by atoms with Gasteiger partial charge in [-0.1, -0.05) is 12.1 Å². The molecule has 29 heavy (non-hydrogen) atoms. The predicted octanol–water partition coefficient (Wildman–Crippen LogP) is 2.94. The van der Waals surface area contributed by atoms with E-state index in [2.05, 4.69) is 30.2 Å². The Morgan fingerprint density at radius 1 is 1.21 bits per heavy atom. The lowest BCUT2D eigenvalue weighted by Gasteiger charge is -2.32. The lowest BCUT2D eigenvalue weighted by Crippen LogP contribution is -2.44. The molecule has 2 N–H and O–H groups in total. The fourth-order valence-corrected chi connectivity index (χ4v) is 3.96. The minimum atomic E-state index is -0.0145. The molecule has 1 fully saturated rings. The number of H-pyrrole nitrogens is 1. The Labute approximate surface area is 171 Å². The summed E-state index contributed by atoms with van der Waals surface area (Å²) >= 11 is 0. The van der Waals surface area contributed by atoms with E-state index >= 15 is 0 Å². The van der Waals surface area contributed by atoms with Crippen LogP contribution < -0.4 is 10.2 Å². The molecule has 1 aliphatic rings. The van der Waals surface area contributed by atoms with Gasteiger partial charge >= 0.3 is 0 Å². The third-order valence-electron chi connectivity index (χ3n) is 5.37. The van der Waals surface area contributed by atoms with Gasteiger partial charge in [0.2, 0.25) is 11.9 Å². The van der Waals surface area contributed by atoms with Crippen LogP contribution in [0.1, 0.15) is 36.5 Å². The van der Waals surface area contributed by atoms with Crippen LogP contribution in [0.3, 0.4) is 0 Å². The molecule has 0 saturated carbocycles. The fourth-order valence-electron chi connectivity index (χ4n) is 3.96. The number of aromatic nitrogens is 4. The molecule has 1 atom stereocenters. The molecule has 4 rings (SSSR count). The first-order valence-corrected chi connectivity index (χ1v) is 10.4. The van der Waals surface area contributed by atoms with Gasteiger partial charge in [0.1, 0.15) is 5.82 Å². The van der Waals surface area contributed by atoms with Gasteiger partial charge < -0.3 is 15.2 Å². The summed E-state index contributed by atoms with van der Waals surface area (Å²) in [7, 11) is 0. The molecule has 0 aliphatic carbocycles. The molecule has 1 amide bonds. The average molecular weight is 393 g/mol. The van der Waals surface area contributed by atoms with E-state index in [-0.39, 0.29) is 11.8 Å². The van der Waals surface area contributed by atoms with Crippen LogP contribution >= 0.6 is 0 Å². The number of rotatable bonds is 6. The van der Waals surface area contributed by atoms with E-state index in [0.29, 0.717) is 13.1 Å². The van der Waals surface area contributed by atoms with Gasteiger partial charge in [0.15, 0.2) is 0 Å². The number of nitrogens with one attached hydrogen (secondary N) is 2. The van der Waals surface area contributed by atoms with Gasteiger partial charge in [-0.2, -0.15) is 0 Å². The topological polar surface area (TPSA) is 86.8 Å². The molecule has 0 bridgehead atoms. The van der Waals surface area contributed by atoms with Gasteiger partial charge in [-0.05, 0) is 51.3 Å². The van der Waals surface area contributed by atoms with Crippen LogP contribution in [0.4, 0.5) is 5.95 Å². The SMILES string of the molecule is Cc1cc(C)nc(N2CCCC(C(=O)NCCCc3nc4ccccc4[nH]3)C2)n1. The van der Waals surface area contributed by atoms with Crippen molar-refractivity contribution in [1.29, 1.82) is 0 Å². The molecule has 1 unspecified atom stereocenters. The molecular formula is C22H28N6O. The number of aromatic amines is 1. The van der Waals surface area contributed by atoms with Gasteiger partial charge in [0.05, 0.1) is 17.0 Å². The largest absolute Gasteiger partial charge is 0.356 e. The Kier molecular flexibility index (Phi) is 5.74. The van der Waals surface area contributed by atoms with Crippen LogP contribution in [0.2, 0.25) is 0 Å². The highest BCUT2D eigenvalue weighted by Gasteiger charge is 2.27. The Morgan fingerprint density at radius 3 is 2.79 bits per heavy atom. The molecule has 1 aliphatic heterocycles. The number of fused-ring (bicyclic) bond motifs is 1. The zero-order valence-electron chi connectivity index (χ0n) is 17.1. The number of piperidine rings is 1. The fraction of sp³-hybridized carbons (Fsp3) is 0.455. The van der Waals surface area contributed by atoms with E-state index in [1.54, 1.807) is 0 Å². The Balaban J connectivity index is 1.26. The summed E-state index contributed by atoms with van der Waals surface area (Å²) in [6, 6.07) is 10.00. The maximum Gasteiger partial charge on any atom is 0.225 e. The molecule has 7 heteroatoms. The first-order valence-electron chi connectivity index (χ1n) is 10.4. The van der Waals surface area contributed by atoms with Crippen molar-refractivity contribution in [1.82, 2.24) is 25.3 Å². The highest BCUT2D eigenvalue weighted by molar-refractivity contribution is 5.79. The van der Waals surface area contributed by atoms with Gasteiger partial charge in [-0.25, -0.2) is 15.0 Å². The van der Waals surface area contributed by atoms with Crippen LogP contribution in [-0.2, 0) is 11.2 Å². The number of hydrogen-bond acceptors (Lipinski definition) is 5. The quantitative estimate of drug-likeness (QED) is 0.630. The van der Waals surface area contributed by atoms with E-state index in [9.17, 15) is 4.79 Å².